The molecule has 0 aliphatic carbocycles. The van der Waals surface area contributed by atoms with Crippen molar-refractivity contribution in [3.63, 3.8) is 0 Å². The van der Waals surface area contributed by atoms with Gasteiger partial charge in [-0.25, -0.2) is 13.2 Å². The molecule has 0 aliphatic rings. The van der Waals surface area contributed by atoms with E-state index in [1.54, 1.807) is 4.90 Å². The summed E-state index contributed by atoms with van der Waals surface area (Å²) in [5.74, 6) is -0.252. The maximum atomic E-state index is 12.6. The minimum atomic E-state index is -3.82. The highest BCUT2D eigenvalue weighted by Gasteiger charge is 2.24. The smallest absolute Gasteiger partial charge is 0.336 e. The Hall–Kier alpha value is -2.19. The second-order valence-electron chi connectivity index (χ2n) is 5.28. The Morgan fingerprint density at radius 2 is 1.79 bits per heavy atom. The molecular formula is C16H20N2O5S. The molecule has 130 valence electrons. The monoisotopic (exact) mass is 352 g/mol. The second-order valence-corrected chi connectivity index (χ2v) is 7.33. The van der Waals surface area contributed by atoms with Crippen LogP contribution in [0.1, 0.15) is 13.8 Å². The van der Waals surface area contributed by atoms with Crippen LogP contribution in [0.5, 0.6) is 0 Å². The van der Waals surface area contributed by atoms with Gasteiger partial charge in [-0.2, -0.15) is 4.31 Å². The quantitative estimate of drug-likeness (QED) is 0.731. The standard InChI is InChI=1S/C16H20N2O5S/c1-4-18(5-2)15(19)11-17(3)24(21,22)13-7-8-14-12(10-13)6-9-16(20)23-14/h6-10H,4-5,11H2,1-3H3. The van der Waals surface area contributed by atoms with Gasteiger partial charge in [0.15, 0.2) is 0 Å². The van der Waals surface area contributed by atoms with Gasteiger partial charge in [-0.3, -0.25) is 4.79 Å². The first-order chi connectivity index (χ1) is 11.3. The molecule has 8 heteroatoms. The van der Waals surface area contributed by atoms with Gasteiger partial charge in [-0.1, -0.05) is 0 Å². The van der Waals surface area contributed by atoms with Crippen molar-refractivity contribution < 1.29 is 17.6 Å². The highest BCUT2D eigenvalue weighted by Crippen LogP contribution is 2.20. The molecule has 7 nitrogen and oxygen atoms in total. The topological polar surface area (TPSA) is 87.9 Å². The Morgan fingerprint density at radius 1 is 1.12 bits per heavy atom. The van der Waals surface area contributed by atoms with Crippen LogP contribution in [0.3, 0.4) is 0 Å². The molecule has 0 radical (unpaired) electrons. The van der Waals surface area contributed by atoms with Gasteiger partial charge in [0.05, 0.1) is 11.4 Å². The van der Waals surface area contributed by atoms with Gasteiger partial charge in [0, 0.05) is 31.6 Å². The molecule has 0 saturated carbocycles. The molecule has 1 heterocycles. The van der Waals surface area contributed by atoms with Gasteiger partial charge in [0.25, 0.3) is 0 Å². The van der Waals surface area contributed by atoms with Gasteiger partial charge in [0.2, 0.25) is 15.9 Å². The number of nitrogens with zero attached hydrogens (tertiary/aromatic N) is 2. The summed E-state index contributed by atoms with van der Waals surface area (Å²) in [7, 11) is -2.45. The zero-order chi connectivity index (χ0) is 17.9. The van der Waals surface area contributed by atoms with Crippen molar-refractivity contribution in [3.8, 4) is 0 Å². The van der Waals surface area contributed by atoms with E-state index in [1.807, 2.05) is 13.8 Å². The molecule has 1 amide bonds. The summed E-state index contributed by atoms with van der Waals surface area (Å²) in [4.78, 5) is 24.9. The summed E-state index contributed by atoms with van der Waals surface area (Å²) in [5.41, 5.74) is -0.191. The highest BCUT2D eigenvalue weighted by atomic mass is 32.2. The van der Waals surface area contributed by atoms with Crippen LogP contribution in [0.2, 0.25) is 0 Å². The van der Waals surface area contributed by atoms with Gasteiger partial charge < -0.3 is 9.32 Å². The Bertz CT molecular complexity index is 900. The number of amides is 1. The number of likely N-dealkylation sites (N-methyl/N-ethyl adjacent to an activating group) is 2. The summed E-state index contributed by atoms with van der Waals surface area (Å²) in [6, 6.07) is 6.95. The van der Waals surface area contributed by atoms with Gasteiger partial charge >= 0.3 is 5.63 Å². The summed E-state index contributed by atoms with van der Waals surface area (Å²) < 4.78 is 31.3. The normalized spacial score (nSPS) is 11.8. The molecule has 24 heavy (non-hydrogen) atoms. The molecule has 1 aromatic heterocycles. The van der Waals surface area contributed by atoms with Crippen molar-refractivity contribution in [1.82, 2.24) is 9.21 Å². The molecule has 0 aliphatic heterocycles. The number of hydrogen-bond donors (Lipinski definition) is 0. The second kappa shape index (κ2) is 7.14. The lowest BCUT2D eigenvalue weighted by atomic mass is 10.2. The Morgan fingerprint density at radius 3 is 2.42 bits per heavy atom. The zero-order valence-electron chi connectivity index (χ0n) is 13.9. The maximum absolute atomic E-state index is 12.6. The van der Waals surface area contributed by atoms with Crippen LogP contribution in [-0.2, 0) is 14.8 Å². The van der Waals surface area contributed by atoms with Crippen LogP contribution in [0.4, 0.5) is 0 Å². The third kappa shape index (κ3) is 3.65. The van der Waals surface area contributed by atoms with Crippen molar-refractivity contribution in [2.45, 2.75) is 18.7 Å². The predicted octanol–water partition coefficient (Wildman–Crippen LogP) is 1.28. The number of sulfonamides is 1. The first kappa shape index (κ1) is 18.2. The number of carbonyl (C=O) groups excluding carboxylic acids is 1. The highest BCUT2D eigenvalue weighted by molar-refractivity contribution is 7.89. The SMILES string of the molecule is CCN(CC)C(=O)CN(C)S(=O)(=O)c1ccc2oc(=O)ccc2c1. The Labute approximate surface area is 140 Å². The average Bonchev–Trinajstić information content (AvgIpc) is 2.55. The largest absolute Gasteiger partial charge is 0.423 e. The minimum Gasteiger partial charge on any atom is -0.423 e. The van der Waals surface area contributed by atoms with Crippen molar-refractivity contribution in [2.24, 2.45) is 0 Å². The van der Waals surface area contributed by atoms with Gasteiger partial charge in [0.1, 0.15) is 5.58 Å². The van der Waals surface area contributed by atoms with Crippen LogP contribution >= 0.6 is 0 Å². The Kier molecular flexibility index (Phi) is 5.40. The summed E-state index contributed by atoms with van der Waals surface area (Å²) in [5, 5.41) is 0.499. The van der Waals surface area contributed by atoms with E-state index in [0.717, 1.165) is 4.31 Å². The van der Waals surface area contributed by atoms with E-state index in [0.29, 0.717) is 24.1 Å². The first-order valence-corrected chi connectivity index (χ1v) is 9.01. The van der Waals surface area contributed by atoms with Crippen molar-refractivity contribution in [3.05, 3.63) is 40.8 Å². The maximum Gasteiger partial charge on any atom is 0.336 e. The fourth-order valence-corrected chi connectivity index (χ4v) is 3.50. The molecule has 0 spiro atoms. The molecule has 1 aromatic carbocycles. The van der Waals surface area contributed by atoms with Crippen LogP contribution in [0.25, 0.3) is 11.0 Å². The minimum absolute atomic E-state index is 0.0405. The van der Waals surface area contributed by atoms with Crippen LogP contribution in [0.15, 0.2) is 44.4 Å². The van der Waals surface area contributed by atoms with E-state index in [9.17, 15) is 18.0 Å². The van der Waals surface area contributed by atoms with E-state index in [4.69, 9.17) is 4.42 Å². The van der Waals surface area contributed by atoms with Crippen molar-refractivity contribution in [2.75, 3.05) is 26.7 Å². The molecule has 0 saturated heterocycles. The lowest BCUT2D eigenvalue weighted by Crippen LogP contribution is -2.40. The van der Waals surface area contributed by atoms with E-state index in [-0.39, 0.29) is 17.3 Å². The molecule has 0 unspecified atom stereocenters. The van der Waals surface area contributed by atoms with E-state index in [1.165, 1.54) is 37.4 Å². The van der Waals surface area contributed by atoms with E-state index >= 15 is 0 Å². The summed E-state index contributed by atoms with van der Waals surface area (Å²) in [6.07, 6.45) is 0. The predicted molar refractivity (Wildman–Crippen MR) is 90.2 cm³/mol. The number of benzene rings is 1. The third-order valence-corrected chi connectivity index (χ3v) is 5.57. The molecule has 0 N–H and O–H groups in total. The van der Waals surface area contributed by atoms with Crippen LogP contribution in [0, 0.1) is 0 Å². The third-order valence-electron chi connectivity index (χ3n) is 3.77. The fourth-order valence-electron chi connectivity index (χ4n) is 2.34. The van der Waals surface area contributed by atoms with Crippen LogP contribution < -0.4 is 5.63 Å². The molecular weight excluding hydrogens is 332 g/mol. The molecule has 2 rings (SSSR count). The van der Waals surface area contributed by atoms with Crippen LogP contribution in [-0.4, -0.2) is 50.2 Å². The summed E-state index contributed by atoms with van der Waals surface area (Å²) in [6.45, 7) is 4.50. The van der Waals surface area contributed by atoms with E-state index in [2.05, 4.69) is 0 Å². The lowest BCUT2D eigenvalue weighted by molar-refractivity contribution is -0.130. The Balaban J connectivity index is 2.30. The summed E-state index contributed by atoms with van der Waals surface area (Å²) >= 11 is 0. The van der Waals surface area contributed by atoms with E-state index < -0.39 is 15.6 Å². The number of fused-ring (bicyclic) bond motifs is 1. The fraction of sp³-hybridized carbons (Fsp3) is 0.375. The molecule has 0 atom stereocenters. The number of rotatable bonds is 6. The number of carbonyl (C=O) groups is 1. The number of hydrogen-bond acceptors (Lipinski definition) is 5. The zero-order valence-corrected chi connectivity index (χ0v) is 14.7. The average molecular weight is 352 g/mol. The van der Waals surface area contributed by atoms with Crippen molar-refractivity contribution >= 4 is 26.9 Å². The molecule has 0 fully saturated rings. The lowest BCUT2D eigenvalue weighted by Gasteiger charge is -2.23. The first-order valence-electron chi connectivity index (χ1n) is 7.57. The van der Waals surface area contributed by atoms with Gasteiger partial charge in [-0.15, -0.1) is 0 Å². The van der Waals surface area contributed by atoms with Crippen molar-refractivity contribution in [1.29, 1.82) is 0 Å². The molecule has 0 bridgehead atoms. The molecule has 2 aromatic rings. The van der Waals surface area contributed by atoms with Gasteiger partial charge in [-0.05, 0) is 38.1 Å².